The molecule has 0 amide bonds. The molecule has 0 saturated carbocycles. The average Bonchev–Trinajstić information content (AvgIpc) is 2.61. The number of allylic oxidation sites excluding steroid dienone is 1. The number of ether oxygens (including phenoxy) is 1. The largest absolute Gasteiger partial charge is 0.460 e. The molecule has 0 aliphatic carbocycles. The van der Waals surface area contributed by atoms with Gasteiger partial charge in [0.25, 0.3) is 5.78 Å². The first-order chi connectivity index (χ1) is 9.39. The SMILES string of the molecule is CCOC(=O)C(=O)/C=C1/N(C)c2ccccc2C1(C)C. The lowest BCUT2D eigenvalue weighted by atomic mass is 9.83. The quantitative estimate of drug-likeness (QED) is 0.482. The number of fused-ring (bicyclic) bond motifs is 1. The van der Waals surface area contributed by atoms with Crippen LogP contribution in [0.2, 0.25) is 0 Å². The third-order valence-corrected chi connectivity index (χ3v) is 3.68. The van der Waals surface area contributed by atoms with Crippen LogP contribution in [0, 0.1) is 0 Å². The van der Waals surface area contributed by atoms with Gasteiger partial charge in [0, 0.05) is 29.9 Å². The minimum atomic E-state index is -0.805. The van der Waals surface area contributed by atoms with Crippen LogP contribution in [-0.4, -0.2) is 25.4 Å². The van der Waals surface area contributed by atoms with Crippen LogP contribution in [0.5, 0.6) is 0 Å². The van der Waals surface area contributed by atoms with Gasteiger partial charge in [-0.3, -0.25) is 4.79 Å². The summed E-state index contributed by atoms with van der Waals surface area (Å²) in [4.78, 5) is 25.3. The van der Waals surface area contributed by atoms with Gasteiger partial charge in [0.15, 0.2) is 0 Å². The minimum absolute atomic E-state index is 0.202. The Morgan fingerprint density at radius 2 is 1.95 bits per heavy atom. The smallest absolute Gasteiger partial charge is 0.379 e. The summed E-state index contributed by atoms with van der Waals surface area (Å²) in [5.41, 5.74) is 2.69. The number of nitrogens with zero attached hydrogens (tertiary/aromatic N) is 1. The molecule has 20 heavy (non-hydrogen) atoms. The molecule has 4 nitrogen and oxygen atoms in total. The maximum absolute atomic E-state index is 11.9. The van der Waals surface area contributed by atoms with Crippen LogP contribution in [0.4, 0.5) is 5.69 Å². The standard InChI is InChI=1S/C16H19NO3/c1-5-20-15(19)13(18)10-14-16(2,3)11-8-6-7-9-12(11)17(14)4/h6-10H,5H2,1-4H3/b14-10+. The number of hydrogen-bond donors (Lipinski definition) is 0. The summed E-state index contributed by atoms with van der Waals surface area (Å²) in [6.07, 6.45) is 1.39. The molecule has 0 fully saturated rings. The van der Waals surface area contributed by atoms with E-state index in [4.69, 9.17) is 4.74 Å². The van der Waals surface area contributed by atoms with Gasteiger partial charge < -0.3 is 9.64 Å². The first kappa shape index (κ1) is 14.3. The fourth-order valence-corrected chi connectivity index (χ4v) is 2.64. The molecule has 2 rings (SSSR count). The predicted molar refractivity (Wildman–Crippen MR) is 77.6 cm³/mol. The molecule has 1 aromatic carbocycles. The third kappa shape index (κ3) is 2.22. The number of para-hydroxylation sites is 1. The Balaban J connectivity index is 2.40. The lowest BCUT2D eigenvalue weighted by Crippen LogP contribution is -2.26. The van der Waals surface area contributed by atoms with Crippen molar-refractivity contribution in [3.05, 3.63) is 41.6 Å². The normalized spacial score (nSPS) is 18.0. The van der Waals surface area contributed by atoms with E-state index in [1.54, 1.807) is 6.92 Å². The van der Waals surface area contributed by atoms with E-state index in [1.807, 2.05) is 50.1 Å². The van der Waals surface area contributed by atoms with E-state index in [-0.39, 0.29) is 12.0 Å². The number of hydrogen-bond acceptors (Lipinski definition) is 4. The fourth-order valence-electron chi connectivity index (χ4n) is 2.64. The van der Waals surface area contributed by atoms with Crippen molar-refractivity contribution in [1.82, 2.24) is 0 Å². The highest BCUT2D eigenvalue weighted by Crippen LogP contribution is 2.46. The molecule has 1 aliphatic rings. The second kappa shape index (κ2) is 5.12. The van der Waals surface area contributed by atoms with Crippen molar-refractivity contribution >= 4 is 17.4 Å². The van der Waals surface area contributed by atoms with Gasteiger partial charge >= 0.3 is 5.97 Å². The second-order valence-electron chi connectivity index (χ2n) is 5.32. The van der Waals surface area contributed by atoms with Gasteiger partial charge in [-0.05, 0) is 18.6 Å². The van der Waals surface area contributed by atoms with E-state index in [1.165, 1.54) is 6.08 Å². The number of likely N-dealkylation sites (N-methyl/N-ethyl adjacent to an activating group) is 1. The molecule has 0 spiro atoms. The molecule has 0 N–H and O–H groups in total. The third-order valence-electron chi connectivity index (χ3n) is 3.68. The van der Waals surface area contributed by atoms with Gasteiger partial charge in [-0.25, -0.2) is 4.79 Å². The van der Waals surface area contributed by atoms with Crippen LogP contribution < -0.4 is 4.90 Å². The Morgan fingerprint density at radius 1 is 1.30 bits per heavy atom. The summed E-state index contributed by atoms with van der Waals surface area (Å²) >= 11 is 0. The number of ketones is 1. The monoisotopic (exact) mass is 273 g/mol. The Kier molecular flexibility index (Phi) is 3.66. The number of benzene rings is 1. The molecule has 0 bridgehead atoms. The maximum Gasteiger partial charge on any atom is 0.379 e. The van der Waals surface area contributed by atoms with Crippen LogP contribution >= 0.6 is 0 Å². The Morgan fingerprint density at radius 3 is 2.55 bits per heavy atom. The molecule has 1 heterocycles. The van der Waals surface area contributed by atoms with E-state index >= 15 is 0 Å². The van der Waals surface area contributed by atoms with Gasteiger partial charge in [0.05, 0.1) is 6.61 Å². The summed E-state index contributed by atoms with van der Waals surface area (Å²) in [6, 6.07) is 7.99. The zero-order valence-electron chi connectivity index (χ0n) is 12.3. The van der Waals surface area contributed by atoms with Crippen LogP contribution in [0.15, 0.2) is 36.0 Å². The van der Waals surface area contributed by atoms with Crippen molar-refractivity contribution in [2.75, 3.05) is 18.6 Å². The lowest BCUT2D eigenvalue weighted by molar-refractivity contribution is -0.151. The summed E-state index contributed by atoms with van der Waals surface area (Å²) < 4.78 is 4.74. The Labute approximate surface area is 119 Å². The highest BCUT2D eigenvalue weighted by Gasteiger charge is 2.39. The van der Waals surface area contributed by atoms with E-state index in [2.05, 4.69) is 0 Å². The van der Waals surface area contributed by atoms with Gasteiger partial charge in [-0.15, -0.1) is 0 Å². The van der Waals surface area contributed by atoms with Gasteiger partial charge in [-0.1, -0.05) is 32.0 Å². The van der Waals surface area contributed by atoms with E-state index in [9.17, 15) is 9.59 Å². The minimum Gasteiger partial charge on any atom is -0.460 e. The van der Waals surface area contributed by atoms with Crippen LogP contribution in [0.3, 0.4) is 0 Å². The predicted octanol–water partition coefficient (Wildman–Crippen LogP) is 2.43. The highest BCUT2D eigenvalue weighted by atomic mass is 16.5. The van der Waals surface area contributed by atoms with Crippen molar-refractivity contribution in [2.24, 2.45) is 0 Å². The Hall–Kier alpha value is -2.10. The second-order valence-corrected chi connectivity index (χ2v) is 5.32. The van der Waals surface area contributed by atoms with Gasteiger partial charge in [0.2, 0.25) is 0 Å². The first-order valence-corrected chi connectivity index (χ1v) is 6.66. The fraction of sp³-hybridized carbons (Fsp3) is 0.375. The molecule has 0 aromatic heterocycles. The number of esters is 1. The van der Waals surface area contributed by atoms with Crippen LogP contribution in [0.1, 0.15) is 26.3 Å². The Bertz CT molecular complexity index is 587. The topological polar surface area (TPSA) is 46.6 Å². The lowest BCUT2D eigenvalue weighted by Gasteiger charge is -2.23. The van der Waals surface area contributed by atoms with E-state index < -0.39 is 11.8 Å². The summed E-state index contributed by atoms with van der Waals surface area (Å²) in [6.45, 7) is 5.96. The van der Waals surface area contributed by atoms with Gasteiger partial charge in [0.1, 0.15) is 0 Å². The summed E-state index contributed by atoms with van der Waals surface area (Å²) in [7, 11) is 1.90. The number of carbonyl (C=O) groups is 2. The van der Waals surface area contributed by atoms with Crippen LogP contribution in [0.25, 0.3) is 0 Å². The maximum atomic E-state index is 11.9. The van der Waals surface area contributed by atoms with E-state index in [0.29, 0.717) is 0 Å². The first-order valence-electron chi connectivity index (χ1n) is 6.66. The molecular formula is C16H19NO3. The highest BCUT2D eigenvalue weighted by molar-refractivity contribution is 6.38. The van der Waals surface area contributed by atoms with Crippen LogP contribution in [-0.2, 0) is 19.7 Å². The van der Waals surface area contributed by atoms with Crippen molar-refractivity contribution in [3.63, 3.8) is 0 Å². The molecule has 1 aliphatic heterocycles. The number of rotatable bonds is 3. The molecule has 106 valence electrons. The zero-order valence-corrected chi connectivity index (χ0v) is 12.3. The zero-order chi connectivity index (χ0) is 14.9. The van der Waals surface area contributed by atoms with E-state index in [0.717, 1.165) is 16.9 Å². The molecular weight excluding hydrogens is 254 g/mol. The molecule has 0 atom stereocenters. The summed E-state index contributed by atoms with van der Waals surface area (Å²) in [5, 5.41) is 0. The molecule has 0 unspecified atom stereocenters. The van der Waals surface area contributed by atoms with Gasteiger partial charge in [-0.2, -0.15) is 0 Å². The molecule has 0 radical (unpaired) electrons. The van der Waals surface area contributed by atoms with Crippen molar-refractivity contribution in [2.45, 2.75) is 26.2 Å². The average molecular weight is 273 g/mol. The van der Waals surface area contributed by atoms with Crippen molar-refractivity contribution in [1.29, 1.82) is 0 Å². The summed E-state index contributed by atoms with van der Waals surface area (Å²) in [5.74, 6) is -1.42. The number of anilines is 1. The molecule has 1 aromatic rings. The molecule has 0 saturated heterocycles. The van der Waals surface area contributed by atoms with Crippen molar-refractivity contribution in [3.8, 4) is 0 Å². The molecule has 4 heteroatoms. The van der Waals surface area contributed by atoms with Crippen molar-refractivity contribution < 1.29 is 14.3 Å². The number of carbonyl (C=O) groups excluding carboxylic acids is 2.